The summed E-state index contributed by atoms with van der Waals surface area (Å²) in [6.07, 6.45) is 8.48. The molecule has 0 radical (unpaired) electrons. The zero-order valence-corrected chi connectivity index (χ0v) is 9.01. The molecule has 0 saturated heterocycles. The predicted octanol–water partition coefficient (Wildman–Crippen LogP) is 2.46. The van der Waals surface area contributed by atoms with E-state index in [0.29, 0.717) is 0 Å². The number of hydrogen-bond donors (Lipinski definition) is 1. The van der Waals surface area contributed by atoms with Gasteiger partial charge in [-0.3, -0.25) is 0 Å². The van der Waals surface area contributed by atoms with Crippen LogP contribution in [0.5, 0.6) is 0 Å². The maximum Gasteiger partial charge on any atom is 0.0828 e. The average molecular weight is 185 g/mol. The summed E-state index contributed by atoms with van der Waals surface area (Å²) in [6, 6.07) is 0.239. The number of hydrogen-bond acceptors (Lipinski definition) is 2. The molecular weight excluding hydrogens is 162 g/mol. The lowest BCUT2D eigenvalue weighted by Crippen LogP contribution is -2.50. The summed E-state index contributed by atoms with van der Waals surface area (Å²) in [5.74, 6) is 0. The van der Waals surface area contributed by atoms with Crippen molar-refractivity contribution in [3.8, 4) is 0 Å². The van der Waals surface area contributed by atoms with Crippen LogP contribution in [-0.4, -0.2) is 18.8 Å². The molecule has 0 amide bonds. The second-order valence-corrected chi connectivity index (χ2v) is 4.22. The monoisotopic (exact) mass is 185 g/mol. The first-order chi connectivity index (χ1) is 6.25. The lowest BCUT2D eigenvalue weighted by molar-refractivity contribution is -0.0602. The lowest BCUT2D eigenvalue weighted by Gasteiger charge is -2.40. The summed E-state index contributed by atoms with van der Waals surface area (Å²) in [7, 11) is 1.82. The van der Waals surface area contributed by atoms with Gasteiger partial charge in [0, 0.05) is 13.2 Å². The standard InChI is InChI=1S/C11H23NO/c1-3-7-10(12)11(13-2)8-5-4-6-9-11/h10H,3-9,12H2,1-2H3/t10-/m0/s1. The zero-order chi connectivity index (χ0) is 9.73. The Morgan fingerprint density at radius 2 is 1.92 bits per heavy atom. The van der Waals surface area contributed by atoms with E-state index in [1.807, 2.05) is 7.11 Å². The molecule has 78 valence electrons. The van der Waals surface area contributed by atoms with Gasteiger partial charge in [-0.1, -0.05) is 32.6 Å². The van der Waals surface area contributed by atoms with Crippen molar-refractivity contribution in [2.24, 2.45) is 5.73 Å². The van der Waals surface area contributed by atoms with Crippen LogP contribution >= 0.6 is 0 Å². The SMILES string of the molecule is CCC[C@H](N)C1(OC)CCCCC1. The number of ether oxygens (including phenoxy) is 1. The molecule has 1 fully saturated rings. The minimum Gasteiger partial charge on any atom is -0.377 e. The van der Waals surface area contributed by atoms with Gasteiger partial charge in [-0.05, 0) is 19.3 Å². The van der Waals surface area contributed by atoms with Crippen molar-refractivity contribution in [1.29, 1.82) is 0 Å². The van der Waals surface area contributed by atoms with Gasteiger partial charge in [0.25, 0.3) is 0 Å². The van der Waals surface area contributed by atoms with Crippen LogP contribution in [0.25, 0.3) is 0 Å². The van der Waals surface area contributed by atoms with Gasteiger partial charge in [0.2, 0.25) is 0 Å². The summed E-state index contributed by atoms with van der Waals surface area (Å²) in [4.78, 5) is 0. The molecule has 0 bridgehead atoms. The Balaban J connectivity index is 2.55. The number of rotatable bonds is 4. The fraction of sp³-hybridized carbons (Fsp3) is 1.00. The first-order valence-corrected chi connectivity index (χ1v) is 5.56. The predicted molar refractivity (Wildman–Crippen MR) is 55.7 cm³/mol. The second-order valence-electron chi connectivity index (χ2n) is 4.22. The Morgan fingerprint density at radius 1 is 1.31 bits per heavy atom. The third-order valence-corrected chi connectivity index (χ3v) is 3.38. The molecule has 0 aromatic carbocycles. The van der Waals surface area contributed by atoms with Crippen LogP contribution in [0.4, 0.5) is 0 Å². The van der Waals surface area contributed by atoms with E-state index < -0.39 is 0 Å². The van der Waals surface area contributed by atoms with Gasteiger partial charge in [-0.15, -0.1) is 0 Å². The Morgan fingerprint density at radius 3 is 2.38 bits per heavy atom. The maximum atomic E-state index is 6.18. The van der Waals surface area contributed by atoms with Crippen molar-refractivity contribution in [1.82, 2.24) is 0 Å². The molecule has 1 aliphatic rings. The van der Waals surface area contributed by atoms with Crippen LogP contribution in [0.1, 0.15) is 51.9 Å². The Hall–Kier alpha value is -0.0800. The van der Waals surface area contributed by atoms with Crippen LogP contribution in [0.2, 0.25) is 0 Å². The highest BCUT2D eigenvalue weighted by Crippen LogP contribution is 2.34. The van der Waals surface area contributed by atoms with Gasteiger partial charge < -0.3 is 10.5 Å². The highest BCUT2D eigenvalue weighted by molar-refractivity contribution is 4.93. The highest BCUT2D eigenvalue weighted by atomic mass is 16.5. The summed E-state index contributed by atoms with van der Waals surface area (Å²) in [5, 5.41) is 0. The molecule has 0 aliphatic heterocycles. The molecule has 0 aromatic heterocycles. The average Bonchev–Trinajstić information content (AvgIpc) is 2.19. The molecule has 1 atom stereocenters. The van der Waals surface area contributed by atoms with Gasteiger partial charge in [0.1, 0.15) is 0 Å². The smallest absolute Gasteiger partial charge is 0.0828 e. The van der Waals surface area contributed by atoms with E-state index in [4.69, 9.17) is 10.5 Å². The highest BCUT2D eigenvalue weighted by Gasteiger charge is 2.37. The van der Waals surface area contributed by atoms with Gasteiger partial charge >= 0.3 is 0 Å². The molecule has 0 unspecified atom stereocenters. The van der Waals surface area contributed by atoms with E-state index in [1.165, 1.54) is 19.3 Å². The molecule has 13 heavy (non-hydrogen) atoms. The van der Waals surface area contributed by atoms with Crippen LogP contribution in [0.15, 0.2) is 0 Å². The van der Waals surface area contributed by atoms with E-state index in [9.17, 15) is 0 Å². The van der Waals surface area contributed by atoms with Crippen LogP contribution in [0, 0.1) is 0 Å². The van der Waals surface area contributed by atoms with Crippen molar-refractivity contribution >= 4 is 0 Å². The quantitative estimate of drug-likeness (QED) is 0.730. The fourth-order valence-electron chi connectivity index (χ4n) is 2.45. The van der Waals surface area contributed by atoms with Gasteiger partial charge in [0.15, 0.2) is 0 Å². The normalized spacial score (nSPS) is 24.2. The molecule has 0 spiro atoms. The molecule has 0 heterocycles. The van der Waals surface area contributed by atoms with Crippen LogP contribution < -0.4 is 5.73 Å². The van der Waals surface area contributed by atoms with Crippen LogP contribution in [-0.2, 0) is 4.74 Å². The molecular formula is C11H23NO. The summed E-state index contributed by atoms with van der Waals surface area (Å²) < 4.78 is 5.67. The first kappa shape index (κ1) is 11.0. The van der Waals surface area contributed by atoms with E-state index in [1.54, 1.807) is 0 Å². The summed E-state index contributed by atoms with van der Waals surface area (Å²) >= 11 is 0. The van der Waals surface area contributed by atoms with Crippen molar-refractivity contribution in [2.75, 3.05) is 7.11 Å². The van der Waals surface area contributed by atoms with Crippen molar-refractivity contribution in [2.45, 2.75) is 63.5 Å². The van der Waals surface area contributed by atoms with Crippen LogP contribution in [0.3, 0.4) is 0 Å². The molecule has 1 aliphatic carbocycles. The minimum absolute atomic E-state index is 0.00819. The van der Waals surface area contributed by atoms with Gasteiger partial charge in [-0.25, -0.2) is 0 Å². The lowest BCUT2D eigenvalue weighted by atomic mass is 9.78. The molecule has 2 nitrogen and oxygen atoms in total. The molecule has 2 heteroatoms. The summed E-state index contributed by atoms with van der Waals surface area (Å²) in [6.45, 7) is 2.19. The van der Waals surface area contributed by atoms with Crippen molar-refractivity contribution in [3.05, 3.63) is 0 Å². The maximum absolute atomic E-state index is 6.18. The first-order valence-electron chi connectivity index (χ1n) is 5.56. The fourth-order valence-corrected chi connectivity index (χ4v) is 2.45. The Kier molecular flexibility index (Phi) is 4.20. The van der Waals surface area contributed by atoms with Crippen molar-refractivity contribution in [3.63, 3.8) is 0 Å². The molecule has 0 aromatic rings. The van der Waals surface area contributed by atoms with E-state index in [2.05, 4.69) is 6.92 Å². The van der Waals surface area contributed by atoms with E-state index >= 15 is 0 Å². The Bertz CT molecular complexity index is 141. The minimum atomic E-state index is 0.00819. The topological polar surface area (TPSA) is 35.2 Å². The second kappa shape index (κ2) is 4.97. The molecule has 2 N–H and O–H groups in total. The molecule has 1 rings (SSSR count). The summed E-state index contributed by atoms with van der Waals surface area (Å²) in [5.41, 5.74) is 6.19. The third-order valence-electron chi connectivity index (χ3n) is 3.38. The zero-order valence-electron chi connectivity index (χ0n) is 9.01. The number of methoxy groups -OCH3 is 1. The third kappa shape index (κ3) is 2.44. The van der Waals surface area contributed by atoms with E-state index in [-0.39, 0.29) is 11.6 Å². The van der Waals surface area contributed by atoms with E-state index in [0.717, 1.165) is 25.7 Å². The van der Waals surface area contributed by atoms with Gasteiger partial charge in [0.05, 0.1) is 5.60 Å². The Labute approximate surface area is 81.8 Å². The van der Waals surface area contributed by atoms with Gasteiger partial charge in [-0.2, -0.15) is 0 Å². The largest absolute Gasteiger partial charge is 0.377 e. The van der Waals surface area contributed by atoms with Crippen molar-refractivity contribution < 1.29 is 4.74 Å². The number of nitrogens with two attached hydrogens (primary N) is 1. The molecule has 1 saturated carbocycles.